The minimum absolute atomic E-state index is 0.102. The Labute approximate surface area is 86.9 Å². The molecule has 0 atom stereocenters. The van der Waals surface area contributed by atoms with Crippen LogP contribution < -0.4 is 5.46 Å². The Balaban J connectivity index is 2.74. The predicted octanol–water partition coefficient (Wildman–Crippen LogP) is -0.0188. The monoisotopic (exact) mass is 203 g/mol. The molecule has 0 aliphatic rings. The number of carbonyl (C=O) groups excluding carboxylic acids is 1. The lowest BCUT2D eigenvalue weighted by Gasteiger charge is -2.03. The third-order valence-electron chi connectivity index (χ3n) is 2.38. The highest BCUT2D eigenvalue weighted by molar-refractivity contribution is 6.61. The molecule has 15 heavy (non-hydrogen) atoms. The number of hydrogen-bond donors (Lipinski definition) is 2. The molecule has 0 spiro atoms. The maximum atomic E-state index is 11.2. The number of fused-ring (bicyclic) bond motifs is 1. The summed E-state index contributed by atoms with van der Waals surface area (Å²) in [5.41, 5.74) is 1.10. The molecular weight excluding hydrogens is 193 g/mol. The summed E-state index contributed by atoms with van der Waals surface area (Å²) in [6, 6.07) is 6.78. The molecule has 2 rings (SSSR count). The van der Waals surface area contributed by atoms with Gasteiger partial charge in [-0.25, -0.2) is 0 Å². The lowest BCUT2D eigenvalue weighted by molar-refractivity contribution is 0.0941. The van der Waals surface area contributed by atoms with E-state index in [1.807, 2.05) is 0 Å². The van der Waals surface area contributed by atoms with Crippen molar-refractivity contribution in [1.29, 1.82) is 0 Å². The first-order valence-electron chi connectivity index (χ1n) is 4.58. The van der Waals surface area contributed by atoms with Crippen LogP contribution in [0.3, 0.4) is 0 Å². The van der Waals surface area contributed by atoms with E-state index in [2.05, 4.69) is 0 Å². The first kappa shape index (κ1) is 9.95. The van der Waals surface area contributed by atoms with Crippen LogP contribution in [0.4, 0.5) is 0 Å². The maximum Gasteiger partial charge on any atom is 0.489 e. The van der Waals surface area contributed by atoms with Gasteiger partial charge >= 0.3 is 7.12 Å². The van der Waals surface area contributed by atoms with Gasteiger partial charge in [0.1, 0.15) is 0 Å². The predicted molar refractivity (Wildman–Crippen MR) is 58.1 cm³/mol. The first-order chi connectivity index (χ1) is 7.11. The Bertz CT molecular complexity index is 518. The minimum atomic E-state index is -1.52. The molecule has 0 bridgehead atoms. The number of rotatable bonds is 1. The largest absolute Gasteiger partial charge is 0.489 e. The topological polar surface area (TPSA) is 62.5 Å². The molecule has 4 nitrogen and oxygen atoms in total. The zero-order valence-electron chi connectivity index (χ0n) is 8.21. The molecule has 2 aromatic rings. The van der Waals surface area contributed by atoms with E-state index in [0.29, 0.717) is 16.4 Å². The normalized spacial score (nSPS) is 10.6. The van der Waals surface area contributed by atoms with Gasteiger partial charge in [-0.15, -0.1) is 0 Å². The number of hydrogen-bond acceptors (Lipinski definition) is 3. The van der Waals surface area contributed by atoms with Gasteiger partial charge in [-0.05, 0) is 23.0 Å². The second kappa shape index (κ2) is 3.53. The molecule has 1 heterocycles. The van der Waals surface area contributed by atoms with Gasteiger partial charge in [0.25, 0.3) is 0 Å². The van der Waals surface area contributed by atoms with Gasteiger partial charge in [0.2, 0.25) is 5.91 Å². The van der Waals surface area contributed by atoms with Gasteiger partial charge in [0, 0.05) is 13.1 Å². The van der Waals surface area contributed by atoms with Crippen molar-refractivity contribution < 1.29 is 14.8 Å². The summed E-state index contributed by atoms with van der Waals surface area (Å²) in [6.45, 7) is 1.46. The standard InChI is InChI=1S/C10H10BNO3/c1-7(13)12-6-5-8-9(11(14)15)3-2-4-10(8)12/h2-6,14-15H,1H3. The van der Waals surface area contributed by atoms with Gasteiger partial charge in [-0.2, -0.15) is 0 Å². The summed E-state index contributed by atoms with van der Waals surface area (Å²) in [5, 5.41) is 18.9. The number of nitrogens with zero attached hydrogens (tertiary/aromatic N) is 1. The molecule has 76 valence electrons. The lowest BCUT2D eigenvalue weighted by Crippen LogP contribution is -2.30. The maximum absolute atomic E-state index is 11.2. The fraction of sp³-hybridized carbons (Fsp3) is 0.100. The smallest absolute Gasteiger partial charge is 0.423 e. The number of carbonyl (C=O) groups is 1. The van der Waals surface area contributed by atoms with E-state index < -0.39 is 7.12 Å². The van der Waals surface area contributed by atoms with Gasteiger partial charge in [-0.3, -0.25) is 9.36 Å². The number of benzene rings is 1. The second-order valence-electron chi connectivity index (χ2n) is 3.36. The van der Waals surface area contributed by atoms with E-state index in [-0.39, 0.29) is 5.91 Å². The van der Waals surface area contributed by atoms with Crippen molar-refractivity contribution in [3.63, 3.8) is 0 Å². The summed E-state index contributed by atoms with van der Waals surface area (Å²) >= 11 is 0. The molecule has 0 fully saturated rings. The fourth-order valence-corrected chi connectivity index (χ4v) is 1.69. The molecule has 0 aliphatic carbocycles. The highest BCUT2D eigenvalue weighted by Gasteiger charge is 2.16. The second-order valence-corrected chi connectivity index (χ2v) is 3.36. The van der Waals surface area contributed by atoms with E-state index in [9.17, 15) is 4.79 Å². The molecule has 0 amide bonds. The van der Waals surface area contributed by atoms with E-state index >= 15 is 0 Å². The van der Waals surface area contributed by atoms with Crippen molar-refractivity contribution >= 4 is 29.4 Å². The first-order valence-corrected chi connectivity index (χ1v) is 4.58. The zero-order chi connectivity index (χ0) is 11.0. The molecule has 0 aliphatic heterocycles. The van der Waals surface area contributed by atoms with Crippen LogP contribution in [-0.4, -0.2) is 27.6 Å². The summed E-state index contributed by atoms with van der Waals surface area (Å²) < 4.78 is 1.47. The zero-order valence-corrected chi connectivity index (χ0v) is 8.21. The van der Waals surface area contributed by atoms with Gasteiger partial charge < -0.3 is 10.0 Å². The van der Waals surface area contributed by atoms with E-state index in [4.69, 9.17) is 10.0 Å². The van der Waals surface area contributed by atoms with Gasteiger partial charge in [-0.1, -0.05) is 12.1 Å². The summed E-state index contributed by atoms with van der Waals surface area (Å²) in [7, 11) is -1.52. The van der Waals surface area contributed by atoms with Crippen LogP contribution in [0, 0.1) is 0 Å². The van der Waals surface area contributed by atoms with Crippen molar-refractivity contribution in [1.82, 2.24) is 4.57 Å². The average molecular weight is 203 g/mol. The van der Waals surface area contributed by atoms with Crippen LogP contribution >= 0.6 is 0 Å². The molecule has 0 unspecified atom stereocenters. The lowest BCUT2D eigenvalue weighted by atomic mass is 9.78. The molecular formula is C10H10BNO3. The summed E-state index contributed by atoms with van der Waals surface area (Å²) in [5.74, 6) is -0.102. The quantitative estimate of drug-likeness (QED) is 0.640. The molecule has 5 heteroatoms. The fourth-order valence-electron chi connectivity index (χ4n) is 1.69. The third-order valence-corrected chi connectivity index (χ3v) is 2.38. The van der Waals surface area contributed by atoms with Crippen LogP contribution in [0.25, 0.3) is 10.9 Å². The van der Waals surface area contributed by atoms with Crippen molar-refractivity contribution in [3.05, 3.63) is 30.5 Å². The van der Waals surface area contributed by atoms with Gasteiger partial charge in [0.05, 0.1) is 5.52 Å². The Morgan fingerprint density at radius 2 is 2.07 bits per heavy atom. The highest BCUT2D eigenvalue weighted by Crippen LogP contribution is 2.13. The Morgan fingerprint density at radius 3 is 2.67 bits per heavy atom. The molecule has 0 saturated carbocycles. The Hall–Kier alpha value is -1.59. The van der Waals surface area contributed by atoms with E-state index in [0.717, 1.165) is 0 Å². The van der Waals surface area contributed by atoms with E-state index in [1.165, 1.54) is 11.5 Å². The Kier molecular flexibility index (Phi) is 2.34. The molecule has 2 N–H and O–H groups in total. The van der Waals surface area contributed by atoms with Crippen molar-refractivity contribution in [3.8, 4) is 0 Å². The number of aromatic nitrogens is 1. The average Bonchev–Trinajstić information content (AvgIpc) is 2.59. The van der Waals surface area contributed by atoms with Crippen LogP contribution in [0.2, 0.25) is 0 Å². The highest BCUT2D eigenvalue weighted by atomic mass is 16.4. The van der Waals surface area contributed by atoms with Crippen LogP contribution in [0.5, 0.6) is 0 Å². The summed E-state index contributed by atoms with van der Waals surface area (Å²) in [6.07, 6.45) is 1.62. The molecule has 0 saturated heterocycles. The van der Waals surface area contributed by atoms with Crippen LogP contribution in [0.1, 0.15) is 11.7 Å². The molecule has 1 aromatic carbocycles. The van der Waals surface area contributed by atoms with Crippen LogP contribution in [0.15, 0.2) is 30.5 Å². The summed E-state index contributed by atoms with van der Waals surface area (Å²) in [4.78, 5) is 11.2. The SMILES string of the molecule is CC(=O)n1ccc2c(B(O)O)cccc21. The van der Waals surface area contributed by atoms with Crippen molar-refractivity contribution in [2.45, 2.75) is 6.92 Å². The third kappa shape index (κ3) is 1.56. The van der Waals surface area contributed by atoms with Crippen molar-refractivity contribution in [2.75, 3.05) is 0 Å². The van der Waals surface area contributed by atoms with Crippen LogP contribution in [-0.2, 0) is 0 Å². The van der Waals surface area contributed by atoms with Crippen molar-refractivity contribution in [2.24, 2.45) is 0 Å². The Morgan fingerprint density at radius 1 is 1.33 bits per heavy atom. The molecule has 1 aromatic heterocycles. The minimum Gasteiger partial charge on any atom is -0.423 e. The molecule has 0 radical (unpaired) electrons. The van der Waals surface area contributed by atoms with E-state index in [1.54, 1.807) is 30.5 Å². The van der Waals surface area contributed by atoms with Gasteiger partial charge in [0.15, 0.2) is 0 Å².